The third-order valence-electron chi connectivity index (χ3n) is 3.73. The Morgan fingerprint density at radius 2 is 1.96 bits per heavy atom. The summed E-state index contributed by atoms with van der Waals surface area (Å²) in [6, 6.07) is 12.3. The number of alkyl halides is 1. The summed E-state index contributed by atoms with van der Waals surface area (Å²) in [5.74, 6) is -0.166. The van der Waals surface area contributed by atoms with Crippen LogP contribution in [-0.4, -0.2) is 27.9 Å². The molecule has 0 spiro atoms. The molecule has 25 heavy (non-hydrogen) atoms. The molecule has 0 aliphatic carbocycles. The number of amides is 1. The number of hydrogen-bond acceptors (Lipinski definition) is 3. The fraction of sp³-hybridized carbons (Fsp3) is 0.167. The summed E-state index contributed by atoms with van der Waals surface area (Å²) >= 11 is 11.5. The lowest BCUT2D eigenvalue weighted by atomic mass is 10.1. The molecule has 0 aliphatic rings. The Kier molecular flexibility index (Phi) is 5.36. The maximum atomic E-state index is 12.9. The molecule has 3 rings (SSSR count). The Bertz CT molecular complexity index is 968. The van der Waals surface area contributed by atoms with Gasteiger partial charge in [0.15, 0.2) is 0 Å². The first-order valence-electron chi connectivity index (χ1n) is 7.67. The van der Waals surface area contributed by atoms with E-state index < -0.39 is 11.5 Å². The molecule has 2 aromatic heterocycles. The van der Waals surface area contributed by atoms with Crippen LogP contribution in [0, 0.1) is 0 Å². The smallest absolute Gasteiger partial charge is 0.265 e. The van der Waals surface area contributed by atoms with Crippen molar-refractivity contribution < 1.29 is 4.79 Å². The zero-order valence-corrected chi connectivity index (χ0v) is 14.7. The maximum Gasteiger partial charge on any atom is 0.265 e. The fourth-order valence-corrected chi connectivity index (χ4v) is 2.76. The van der Waals surface area contributed by atoms with E-state index in [0.717, 1.165) is 5.56 Å². The summed E-state index contributed by atoms with van der Waals surface area (Å²) in [5, 5.41) is 3.96. The molecule has 1 amide bonds. The number of fused-ring (bicyclic) bond motifs is 1. The fourth-order valence-electron chi connectivity index (χ4n) is 2.54. The summed E-state index contributed by atoms with van der Waals surface area (Å²) in [5.41, 5.74) is 1.08. The SMILES string of the molecule is O=C(NCCCl)c1cc2cccnc2n(Cc2ccc(Cl)cc2)c1=O. The summed E-state index contributed by atoms with van der Waals surface area (Å²) in [4.78, 5) is 29.5. The molecule has 0 saturated heterocycles. The van der Waals surface area contributed by atoms with Crippen molar-refractivity contribution in [3.8, 4) is 0 Å². The van der Waals surface area contributed by atoms with Gasteiger partial charge in [-0.25, -0.2) is 4.98 Å². The molecule has 1 N–H and O–H groups in total. The van der Waals surface area contributed by atoms with Crippen LogP contribution in [0.3, 0.4) is 0 Å². The minimum absolute atomic E-state index is 0.0691. The van der Waals surface area contributed by atoms with Gasteiger partial charge in [0, 0.05) is 29.0 Å². The van der Waals surface area contributed by atoms with E-state index in [9.17, 15) is 9.59 Å². The number of halogens is 2. The lowest BCUT2D eigenvalue weighted by Gasteiger charge is -2.12. The zero-order chi connectivity index (χ0) is 17.8. The topological polar surface area (TPSA) is 64.0 Å². The molecule has 5 nitrogen and oxygen atoms in total. The van der Waals surface area contributed by atoms with Crippen LogP contribution in [0.2, 0.25) is 5.02 Å². The molecular formula is C18H15Cl2N3O2. The number of nitrogens with one attached hydrogen (secondary N) is 1. The lowest BCUT2D eigenvalue weighted by molar-refractivity contribution is 0.0954. The highest BCUT2D eigenvalue weighted by Crippen LogP contribution is 2.15. The highest BCUT2D eigenvalue weighted by Gasteiger charge is 2.16. The third-order valence-corrected chi connectivity index (χ3v) is 4.17. The van der Waals surface area contributed by atoms with E-state index in [1.807, 2.05) is 18.2 Å². The van der Waals surface area contributed by atoms with Gasteiger partial charge < -0.3 is 5.32 Å². The molecule has 1 aromatic carbocycles. The second kappa shape index (κ2) is 7.68. The van der Waals surface area contributed by atoms with E-state index in [1.54, 1.807) is 30.5 Å². The quantitative estimate of drug-likeness (QED) is 0.697. The second-order valence-corrected chi connectivity index (χ2v) is 6.25. The summed E-state index contributed by atoms with van der Waals surface area (Å²) < 4.78 is 1.49. The average Bonchev–Trinajstić information content (AvgIpc) is 2.63. The normalized spacial score (nSPS) is 10.8. The number of nitrogens with zero attached hydrogens (tertiary/aromatic N) is 2. The third kappa shape index (κ3) is 3.83. The molecule has 0 bridgehead atoms. The molecule has 2 heterocycles. The highest BCUT2D eigenvalue weighted by molar-refractivity contribution is 6.30. The van der Waals surface area contributed by atoms with Crippen molar-refractivity contribution in [2.24, 2.45) is 0 Å². The van der Waals surface area contributed by atoms with Gasteiger partial charge in [0.05, 0.1) is 6.54 Å². The number of benzene rings is 1. The van der Waals surface area contributed by atoms with Gasteiger partial charge in [0.25, 0.3) is 11.5 Å². The van der Waals surface area contributed by atoms with Gasteiger partial charge in [-0.2, -0.15) is 0 Å². The first kappa shape index (κ1) is 17.5. The van der Waals surface area contributed by atoms with Crippen LogP contribution >= 0.6 is 23.2 Å². The molecule has 0 radical (unpaired) electrons. The van der Waals surface area contributed by atoms with Gasteiger partial charge >= 0.3 is 0 Å². The summed E-state index contributed by atoms with van der Waals surface area (Å²) in [6.07, 6.45) is 1.62. The Labute approximate surface area is 154 Å². The van der Waals surface area contributed by atoms with Crippen molar-refractivity contribution in [1.29, 1.82) is 0 Å². The Morgan fingerprint density at radius 1 is 1.20 bits per heavy atom. The minimum atomic E-state index is -0.443. The molecule has 128 valence electrons. The molecular weight excluding hydrogens is 361 g/mol. The van der Waals surface area contributed by atoms with Gasteiger partial charge in [-0.1, -0.05) is 23.7 Å². The highest BCUT2D eigenvalue weighted by atomic mass is 35.5. The largest absolute Gasteiger partial charge is 0.351 e. The Balaban J connectivity index is 2.11. The van der Waals surface area contributed by atoms with Gasteiger partial charge in [-0.15, -0.1) is 11.6 Å². The van der Waals surface area contributed by atoms with Gasteiger partial charge in [0.1, 0.15) is 11.2 Å². The number of pyridine rings is 2. The van der Waals surface area contributed by atoms with Crippen molar-refractivity contribution in [2.45, 2.75) is 6.54 Å². The van der Waals surface area contributed by atoms with Gasteiger partial charge in [-0.05, 0) is 35.9 Å². The molecule has 0 aliphatic heterocycles. The molecule has 0 atom stereocenters. The predicted molar refractivity (Wildman–Crippen MR) is 99.6 cm³/mol. The first-order chi connectivity index (χ1) is 12.1. The number of carbonyl (C=O) groups is 1. The summed E-state index contributed by atoms with van der Waals surface area (Å²) in [7, 11) is 0. The van der Waals surface area contributed by atoms with Crippen molar-refractivity contribution in [2.75, 3.05) is 12.4 Å². The number of carbonyl (C=O) groups excluding carboxylic acids is 1. The van der Waals surface area contributed by atoms with Crippen LogP contribution in [-0.2, 0) is 6.54 Å². The van der Waals surface area contributed by atoms with Crippen molar-refractivity contribution >= 4 is 40.1 Å². The number of hydrogen-bond donors (Lipinski definition) is 1. The first-order valence-corrected chi connectivity index (χ1v) is 8.58. The summed E-state index contributed by atoms with van der Waals surface area (Å²) in [6.45, 7) is 0.586. The van der Waals surface area contributed by atoms with Gasteiger partial charge in [-0.3, -0.25) is 14.2 Å². The minimum Gasteiger partial charge on any atom is -0.351 e. The van der Waals surface area contributed by atoms with Gasteiger partial charge in [0.2, 0.25) is 0 Å². The Hall–Kier alpha value is -2.37. The van der Waals surface area contributed by atoms with E-state index >= 15 is 0 Å². The number of aromatic nitrogens is 2. The standard InChI is InChI=1S/C18H15Cl2N3O2/c19-7-9-22-17(24)15-10-13-2-1-8-21-16(13)23(18(15)25)11-12-3-5-14(20)6-4-12/h1-6,8,10H,7,9,11H2,(H,22,24). The van der Waals surface area contributed by atoms with E-state index in [-0.39, 0.29) is 11.4 Å². The van der Waals surface area contributed by atoms with E-state index in [1.165, 1.54) is 4.57 Å². The van der Waals surface area contributed by atoms with Crippen molar-refractivity contribution in [1.82, 2.24) is 14.9 Å². The molecule has 0 unspecified atom stereocenters. The van der Waals surface area contributed by atoms with Crippen molar-refractivity contribution in [3.63, 3.8) is 0 Å². The van der Waals surface area contributed by atoms with Crippen molar-refractivity contribution in [3.05, 3.63) is 75.2 Å². The van der Waals surface area contributed by atoms with Crippen LogP contribution in [0.1, 0.15) is 15.9 Å². The predicted octanol–water partition coefficient (Wildman–Crippen LogP) is 3.07. The van der Waals surface area contributed by atoms with Crippen LogP contribution in [0.25, 0.3) is 11.0 Å². The van der Waals surface area contributed by atoms with E-state index in [0.29, 0.717) is 29.1 Å². The monoisotopic (exact) mass is 375 g/mol. The van der Waals surface area contributed by atoms with Crippen LogP contribution in [0.5, 0.6) is 0 Å². The van der Waals surface area contributed by atoms with E-state index in [4.69, 9.17) is 23.2 Å². The van der Waals surface area contributed by atoms with E-state index in [2.05, 4.69) is 10.3 Å². The second-order valence-electron chi connectivity index (χ2n) is 5.44. The molecule has 0 saturated carbocycles. The Morgan fingerprint density at radius 3 is 2.68 bits per heavy atom. The maximum absolute atomic E-state index is 12.9. The number of rotatable bonds is 5. The van der Waals surface area contributed by atoms with Crippen LogP contribution in [0.4, 0.5) is 0 Å². The molecule has 7 heteroatoms. The zero-order valence-electron chi connectivity index (χ0n) is 13.2. The van der Waals surface area contributed by atoms with Crippen LogP contribution < -0.4 is 10.9 Å². The average molecular weight is 376 g/mol. The molecule has 3 aromatic rings. The lowest BCUT2D eigenvalue weighted by Crippen LogP contribution is -2.34. The van der Waals surface area contributed by atoms with Crippen LogP contribution in [0.15, 0.2) is 53.5 Å². The molecule has 0 fully saturated rings.